The SMILES string of the molecule is CCc1cc(C(=O)NCCc2nc(C(C)C)no2)cs1. The zero-order valence-corrected chi connectivity index (χ0v) is 12.8. The van der Waals surface area contributed by atoms with Gasteiger partial charge in [0.15, 0.2) is 5.82 Å². The quantitative estimate of drug-likeness (QED) is 0.889. The van der Waals surface area contributed by atoms with E-state index in [4.69, 9.17) is 4.52 Å². The fraction of sp³-hybridized carbons (Fsp3) is 0.500. The summed E-state index contributed by atoms with van der Waals surface area (Å²) in [5.41, 5.74) is 0.722. The van der Waals surface area contributed by atoms with Crippen LogP contribution in [-0.2, 0) is 12.8 Å². The molecule has 0 aliphatic heterocycles. The third-order valence-corrected chi connectivity index (χ3v) is 3.97. The van der Waals surface area contributed by atoms with E-state index in [1.165, 1.54) is 4.88 Å². The number of rotatable bonds is 6. The number of amides is 1. The Labute approximate surface area is 122 Å². The van der Waals surface area contributed by atoms with E-state index in [0.29, 0.717) is 24.7 Å². The van der Waals surface area contributed by atoms with Gasteiger partial charge in [-0.2, -0.15) is 4.98 Å². The summed E-state index contributed by atoms with van der Waals surface area (Å²) in [5, 5.41) is 8.64. The molecule has 0 aromatic carbocycles. The highest BCUT2D eigenvalue weighted by atomic mass is 32.1. The van der Waals surface area contributed by atoms with Crippen LogP contribution in [-0.4, -0.2) is 22.6 Å². The van der Waals surface area contributed by atoms with Crippen LogP contribution in [0.25, 0.3) is 0 Å². The predicted molar refractivity (Wildman–Crippen MR) is 78.1 cm³/mol. The van der Waals surface area contributed by atoms with Crippen LogP contribution in [0.5, 0.6) is 0 Å². The lowest BCUT2D eigenvalue weighted by molar-refractivity contribution is 0.0954. The van der Waals surface area contributed by atoms with E-state index in [9.17, 15) is 4.79 Å². The van der Waals surface area contributed by atoms with E-state index < -0.39 is 0 Å². The van der Waals surface area contributed by atoms with Crippen molar-refractivity contribution in [3.05, 3.63) is 33.6 Å². The molecule has 5 nitrogen and oxygen atoms in total. The van der Waals surface area contributed by atoms with E-state index in [1.807, 2.05) is 25.3 Å². The number of carbonyl (C=O) groups is 1. The second-order valence-electron chi connectivity index (χ2n) is 4.86. The smallest absolute Gasteiger partial charge is 0.252 e. The fourth-order valence-electron chi connectivity index (χ4n) is 1.67. The standard InChI is InChI=1S/C14H19N3O2S/c1-4-11-7-10(8-20-11)14(18)15-6-5-12-16-13(9(2)3)17-19-12/h7-9H,4-6H2,1-3H3,(H,15,18). The van der Waals surface area contributed by atoms with Crippen LogP contribution < -0.4 is 5.32 Å². The predicted octanol–water partition coefficient (Wildman–Crippen LogP) is 2.79. The zero-order chi connectivity index (χ0) is 14.5. The van der Waals surface area contributed by atoms with Crippen LogP contribution in [0.15, 0.2) is 16.0 Å². The third-order valence-electron chi connectivity index (χ3n) is 2.89. The summed E-state index contributed by atoms with van der Waals surface area (Å²) in [6.45, 7) is 6.60. The lowest BCUT2D eigenvalue weighted by Gasteiger charge is -2.00. The molecule has 0 bridgehead atoms. The van der Waals surface area contributed by atoms with Gasteiger partial charge in [0.05, 0.1) is 5.56 Å². The number of nitrogens with one attached hydrogen (secondary N) is 1. The molecule has 0 aliphatic rings. The average Bonchev–Trinajstić information content (AvgIpc) is 3.07. The molecule has 1 amide bonds. The summed E-state index contributed by atoms with van der Waals surface area (Å²) in [5.74, 6) is 1.47. The Balaban J connectivity index is 1.81. The van der Waals surface area contributed by atoms with E-state index >= 15 is 0 Å². The number of nitrogens with zero attached hydrogens (tertiary/aromatic N) is 2. The van der Waals surface area contributed by atoms with Gasteiger partial charge in [-0.3, -0.25) is 4.79 Å². The van der Waals surface area contributed by atoms with Gasteiger partial charge in [-0.15, -0.1) is 11.3 Å². The van der Waals surface area contributed by atoms with Crippen LogP contribution >= 0.6 is 11.3 Å². The van der Waals surface area contributed by atoms with Crippen LogP contribution in [0.2, 0.25) is 0 Å². The molecule has 0 saturated carbocycles. The maximum atomic E-state index is 11.9. The van der Waals surface area contributed by atoms with E-state index in [-0.39, 0.29) is 11.8 Å². The van der Waals surface area contributed by atoms with Crippen molar-refractivity contribution in [2.24, 2.45) is 0 Å². The summed E-state index contributed by atoms with van der Waals surface area (Å²) in [6, 6.07) is 1.93. The number of hydrogen-bond acceptors (Lipinski definition) is 5. The molecule has 6 heteroatoms. The lowest BCUT2D eigenvalue weighted by Crippen LogP contribution is -2.25. The van der Waals surface area contributed by atoms with Gasteiger partial charge in [0.2, 0.25) is 5.89 Å². The van der Waals surface area contributed by atoms with Gasteiger partial charge < -0.3 is 9.84 Å². The van der Waals surface area contributed by atoms with Crippen molar-refractivity contribution in [2.45, 2.75) is 39.5 Å². The van der Waals surface area contributed by atoms with Crippen molar-refractivity contribution in [1.29, 1.82) is 0 Å². The summed E-state index contributed by atoms with van der Waals surface area (Å²) in [6.07, 6.45) is 1.51. The molecule has 20 heavy (non-hydrogen) atoms. The molecule has 0 aliphatic carbocycles. The van der Waals surface area contributed by atoms with E-state index in [0.717, 1.165) is 12.0 Å². The molecular formula is C14H19N3O2S. The van der Waals surface area contributed by atoms with Crippen molar-refractivity contribution >= 4 is 17.2 Å². The molecule has 0 unspecified atom stereocenters. The zero-order valence-electron chi connectivity index (χ0n) is 12.0. The molecule has 0 saturated heterocycles. The van der Waals surface area contributed by atoms with Crippen LogP contribution in [0, 0.1) is 0 Å². The number of aryl methyl sites for hydroxylation is 1. The second kappa shape index (κ2) is 6.65. The monoisotopic (exact) mass is 293 g/mol. The van der Waals surface area contributed by atoms with E-state index in [2.05, 4.69) is 22.4 Å². The minimum atomic E-state index is -0.0513. The molecular weight excluding hydrogens is 274 g/mol. The normalized spacial score (nSPS) is 11.0. The first-order valence-electron chi connectivity index (χ1n) is 6.78. The average molecular weight is 293 g/mol. The van der Waals surface area contributed by atoms with Gasteiger partial charge in [0.25, 0.3) is 5.91 Å². The Morgan fingerprint density at radius 2 is 2.30 bits per heavy atom. The minimum Gasteiger partial charge on any atom is -0.351 e. The Morgan fingerprint density at radius 3 is 2.90 bits per heavy atom. The number of aromatic nitrogens is 2. The minimum absolute atomic E-state index is 0.0513. The number of thiophene rings is 1. The summed E-state index contributed by atoms with van der Waals surface area (Å²) in [7, 11) is 0. The first kappa shape index (κ1) is 14.7. The maximum Gasteiger partial charge on any atom is 0.252 e. The van der Waals surface area contributed by atoms with Crippen molar-refractivity contribution in [3.63, 3.8) is 0 Å². The van der Waals surface area contributed by atoms with E-state index in [1.54, 1.807) is 11.3 Å². The largest absolute Gasteiger partial charge is 0.351 e. The number of hydrogen-bond donors (Lipinski definition) is 1. The van der Waals surface area contributed by atoms with Crippen molar-refractivity contribution < 1.29 is 9.32 Å². The lowest BCUT2D eigenvalue weighted by atomic mass is 10.2. The highest BCUT2D eigenvalue weighted by molar-refractivity contribution is 7.10. The summed E-state index contributed by atoms with van der Waals surface area (Å²) in [4.78, 5) is 17.4. The molecule has 1 N–H and O–H groups in total. The molecule has 0 atom stereocenters. The summed E-state index contributed by atoms with van der Waals surface area (Å²) >= 11 is 1.61. The van der Waals surface area contributed by atoms with Gasteiger partial charge >= 0.3 is 0 Å². The van der Waals surface area contributed by atoms with Crippen molar-refractivity contribution in [3.8, 4) is 0 Å². The molecule has 2 aromatic rings. The molecule has 2 heterocycles. The fourth-order valence-corrected chi connectivity index (χ4v) is 2.49. The van der Waals surface area contributed by atoms with Crippen LogP contribution in [0.1, 0.15) is 53.6 Å². The first-order valence-corrected chi connectivity index (χ1v) is 7.66. The number of carbonyl (C=O) groups excluding carboxylic acids is 1. The van der Waals surface area contributed by atoms with Gasteiger partial charge in [0.1, 0.15) is 0 Å². The third kappa shape index (κ3) is 3.66. The maximum absolute atomic E-state index is 11.9. The van der Waals surface area contributed by atoms with Crippen LogP contribution in [0.4, 0.5) is 0 Å². The van der Waals surface area contributed by atoms with Gasteiger partial charge in [-0.05, 0) is 12.5 Å². The Morgan fingerprint density at radius 1 is 1.50 bits per heavy atom. The molecule has 0 radical (unpaired) electrons. The Hall–Kier alpha value is -1.69. The van der Waals surface area contributed by atoms with Gasteiger partial charge in [-0.25, -0.2) is 0 Å². The molecule has 0 spiro atoms. The Kier molecular flexibility index (Phi) is 4.89. The van der Waals surface area contributed by atoms with Gasteiger partial charge in [-0.1, -0.05) is 25.9 Å². The Bertz CT molecular complexity index is 574. The van der Waals surface area contributed by atoms with Gasteiger partial charge in [0, 0.05) is 29.1 Å². The second-order valence-corrected chi connectivity index (χ2v) is 5.86. The topological polar surface area (TPSA) is 68.0 Å². The van der Waals surface area contributed by atoms with Crippen molar-refractivity contribution in [1.82, 2.24) is 15.5 Å². The molecule has 0 fully saturated rings. The first-order chi connectivity index (χ1) is 9.60. The van der Waals surface area contributed by atoms with Crippen molar-refractivity contribution in [2.75, 3.05) is 6.54 Å². The summed E-state index contributed by atoms with van der Waals surface area (Å²) < 4.78 is 5.12. The molecule has 2 rings (SSSR count). The molecule has 108 valence electrons. The highest BCUT2D eigenvalue weighted by Gasteiger charge is 2.11. The highest BCUT2D eigenvalue weighted by Crippen LogP contribution is 2.15. The van der Waals surface area contributed by atoms with Crippen LogP contribution in [0.3, 0.4) is 0 Å². The molecule has 2 aromatic heterocycles.